The number of nitrogens with one attached hydrogen (secondary N) is 1. The fourth-order valence-electron chi connectivity index (χ4n) is 9.41. The number of ether oxygens (including phenoxy) is 2. The number of rotatable bonds is 50. The fourth-order valence-corrected chi connectivity index (χ4v) is 9.41. The number of allylic oxidation sites excluding steroid dienone is 3. The zero-order valence-electron chi connectivity index (χ0n) is 43.9. The molecule has 9 nitrogen and oxygen atoms in total. The lowest BCUT2D eigenvalue weighted by atomic mass is 9.99. The maximum absolute atomic E-state index is 13.0. The van der Waals surface area contributed by atoms with Crippen LogP contribution in [0.4, 0.5) is 0 Å². The highest BCUT2D eigenvalue weighted by atomic mass is 16.7. The van der Waals surface area contributed by atoms with Gasteiger partial charge in [-0.2, -0.15) is 0 Å². The van der Waals surface area contributed by atoms with Gasteiger partial charge in [0.15, 0.2) is 6.29 Å². The predicted molar refractivity (Wildman–Crippen MR) is 281 cm³/mol. The fraction of sp³-hybridized carbons (Fsp3) is 0.914. The molecule has 1 fully saturated rings. The molecule has 6 N–H and O–H groups in total. The quantitative estimate of drug-likeness (QED) is 0.0261. The summed E-state index contributed by atoms with van der Waals surface area (Å²) in [5.74, 6) is -0.185. The summed E-state index contributed by atoms with van der Waals surface area (Å²) in [6.45, 7) is 3.77. The Balaban J connectivity index is 2.13. The van der Waals surface area contributed by atoms with Crippen molar-refractivity contribution in [2.45, 2.75) is 326 Å². The first-order valence-corrected chi connectivity index (χ1v) is 29.1. The molecule has 396 valence electrons. The van der Waals surface area contributed by atoms with Crippen molar-refractivity contribution in [2.75, 3.05) is 13.2 Å². The van der Waals surface area contributed by atoms with Crippen LogP contribution in [0.1, 0.15) is 284 Å². The molecule has 7 unspecified atom stereocenters. The van der Waals surface area contributed by atoms with Gasteiger partial charge in [-0.3, -0.25) is 4.79 Å². The Morgan fingerprint density at radius 1 is 0.493 bits per heavy atom. The molecule has 0 aliphatic carbocycles. The lowest BCUT2D eigenvalue weighted by molar-refractivity contribution is -0.302. The smallest absolute Gasteiger partial charge is 0.220 e. The van der Waals surface area contributed by atoms with E-state index >= 15 is 0 Å². The third-order valence-corrected chi connectivity index (χ3v) is 14.0. The number of unbranched alkanes of at least 4 members (excludes halogenated alkanes) is 38. The van der Waals surface area contributed by atoms with Crippen LogP contribution < -0.4 is 5.32 Å². The lowest BCUT2D eigenvalue weighted by Crippen LogP contribution is -2.60. The van der Waals surface area contributed by atoms with E-state index < -0.39 is 49.5 Å². The number of hydrogen-bond acceptors (Lipinski definition) is 8. The van der Waals surface area contributed by atoms with Crippen LogP contribution in [-0.2, 0) is 14.3 Å². The lowest BCUT2D eigenvalue weighted by Gasteiger charge is -2.40. The minimum Gasteiger partial charge on any atom is -0.394 e. The maximum Gasteiger partial charge on any atom is 0.220 e. The zero-order valence-corrected chi connectivity index (χ0v) is 43.9. The Kier molecular flexibility index (Phi) is 45.9. The van der Waals surface area contributed by atoms with Crippen molar-refractivity contribution >= 4 is 5.91 Å². The highest BCUT2D eigenvalue weighted by Gasteiger charge is 2.44. The summed E-state index contributed by atoms with van der Waals surface area (Å²) in [6, 6.07) is -0.817. The molecule has 1 heterocycles. The Bertz CT molecular complexity index is 1100. The van der Waals surface area contributed by atoms with Crippen LogP contribution in [0.25, 0.3) is 0 Å². The van der Waals surface area contributed by atoms with E-state index in [2.05, 4.69) is 31.3 Å². The van der Waals surface area contributed by atoms with Gasteiger partial charge in [0.1, 0.15) is 24.4 Å². The molecular formula is C58H111NO8. The standard InChI is InChI=1S/C58H111NO8/c1-3-5-7-9-11-13-15-16-17-18-19-20-21-22-23-24-25-26-27-28-29-30-31-32-33-34-35-36-38-39-41-43-45-47-52(61)51(50-66-58-57(65)56(64)55(63)53(49-60)67-58)59-54(62)48-46-44-42-40-37-14-12-10-8-6-4-2/h38-39,45,47,51-53,55-58,60-61,63-65H,3-37,40-44,46,48-50H2,1-2H3,(H,59,62)/b39-38+,47-45+. The number of aliphatic hydroxyl groups is 5. The summed E-state index contributed by atoms with van der Waals surface area (Å²) < 4.78 is 11.2. The maximum atomic E-state index is 13.0. The molecule has 0 spiro atoms. The molecule has 1 aliphatic rings. The van der Waals surface area contributed by atoms with Gasteiger partial charge in [0, 0.05) is 6.42 Å². The Morgan fingerprint density at radius 2 is 0.851 bits per heavy atom. The van der Waals surface area contributed by atoms with Gasteiger partial charge in [-0.25, -0.2) is 0 Å². The predicted octanol–water partition coefficient (Wildman–Crippen LogP) is 14.2. The van der Waals surface area contributed by atoms with Crippen LogP contribution >= 0.6 is 0 Å². The summed E-state index contributed by atoms with van der Waals surface area (Å²) in [5, 5.41) is 54.3. The van der Waals surface area contributed by atoms with Crippen molar-refractivity contribution in [1.82, 2.24) is 5.32 Å². The number of amides is 1. The summed E-state index contributed by atoms with van der Waals surface area (Å²) in [4.78, 5) is 13.0. The molecule has 0 aromatic carbocycles. The molecule has 67 heavy (non-hydrogen) atoms. The van der Waals surface area contributed by atoms with E-state index in [1.54, 1.807) is 6.08 Å². The van der Waals surface area contributed by atoms with E-state index in [0.717, 1.165) is 38.5 Å². The average Bonchev–Trinajstić information content (AvgIpc) is 3.33. The van der Waals surface area contributed by atoms with Crippen molar-refractivity contribution in [2.24, 2.45) is 0 Å². The number of hydrogen-bond donors (Lipinski definition) is 6. The average molecular weight is 951 g/mol. The third-order valence-electron chi connectivity index (χ3n) is 14.0. The minimum absolute atomic E-state index is 0.185. The van der Waals surface area contributed by atoms with Crippen LogP contribution in [0.2, 0.25) is 0 Å². The molecule has 0 aromatic heterocycles. The molecule has 9 heteroatoms. The van der Waals surface area contributed by atoms with Crippen molar-refractivity contribution < 1.29 is 39.8 Å². The van der Waals surface area contributed by atoms with Crippen LogP contribution in [0, 0.1) is 0 Å². The topological polar surface area (TPSA) is 149 Å². The molecule has 0 saturated carbocycles. The van der Waals surface area contributed by atoms with Gasteiger partial charge in [0.25, 0.3) is 0 Å². The second-order valence-corrected chi connectivity index (χ2v) is 20.4. The van der Waals surface area contributed by atoms with Crippen molar-refractivity contribution in [1.29, 1.82) is 0 Å². The van der Waals surface area contributed by atoms with E-state index in [1.807, 2.05) is 6.08 Å². The second kappa shape index (κ2) is 48.3. The van der Waals surface area contributed by atoms with E-state index in [0.29, 0.717) is 6.42 Å². The minimum atomic E-state index is -1.57. The zero-order chi connectivity index (χ0) is 48.7. The van der Waals surface area contributed by atoms with Crippen molar-refractivity contribution in [3.8, 4) is 0 Å². The molecule has 0 aromatic rings. The monoisotopic (exact) mass is 950 g/mol. The Hall–Kier alpha value is -1.33. The van der Waals surface area contributed by atoms with E-state index in [9.17, 15) is 30.3 Å². The SMILES string of the molecule is CCCCCCCCCCCCCCCCCCCCCCCCCCCCC/C=C/CC/C=C/C(O)C(COC1OC(CO)C(O)C(O)C1O)NC(=O)CCCCCCCCCCCCC. The molecule has 1 rings (SSSR count). The number of aliphatic hydroxyl groups excluding tert-OH is 5. The van der Waals surface area contributed by atoms with E-state index in [1.165, 1.54) is 225 Å². The van der Waals surface area contributed by atoms with Crippen LogP contribution in [-0.4, -0.2) is 87.5 Å². The summed E-state index contributed by atoms with van der Waals surface area (Å²) in [6.07, 6.45) is 54.2. The first-order chi connectivity index (χ1) is 32.8. The van der Waals surface area contributed by atoms with Gasteiger partial charge in [-0.05, 0) is 32.1 Å². The van der Waals surface area contributed by atoms with Crippen LogP contribution in [0.15, 0.2) is 24.3 Å². The van der Waals surface area contributed by atoms with Gasteiger partial charge in [-0.15, -0.1) is 0 Å². The number of carbonyl (C=O) groups is 1. The van der Waals surface area contributed by atoms with Crippen molar-refractivity contribution in [3.63, 3.8) is 0 Å². The summed E-state index contributed by atoms with van der Waals surface area (Å²) in [5.41, 5.74) is 0. The molecule has 1 aliphatic heterocycles. The molecule has 0 bridgehead atoms. The largest absolute Gasteiger partial charge is 0.394 e. The molecule has 1 amide bonds. The van der Waals surface area contributed by atoms with Gasteiger partial charge >= 0.3 is 0 Å². The first kappa shape index (κ1) is 63.7. The highest BCUT2D eigenvalue weighted by Crippen LogP contribution is 2.23. The Morgan fingerprint density at radius 3 is 1.25 bits per heavy atom. The third kappa shape index (κ3) is 38.1. The van der Waals surface area contributed by atoms with Crippen molar-refractivity contribution in [3.05, 3.63) is 24.3 Å². The van der Waals surface area contributed by atoms with Gasteiger partial charge in [0.2, 0.25) is 5.91 Å². The molecular weight excluding hydrogens is 839 g/mol. The highest BCUT2D eigenvalue weighted by molar-refractivity contribution is 5.76. The van der Waals surface area contributed by atoms with E-state index in [-0.39, 0.29) is 12.5 Å². The molecule has 7 atom stereocenters. The molecule has 1 saturated heterocycles. The first-order valence-electron chi connectivity index (χ1n) is 29.1. The van der Waals surface area contributed by atoms with Crippen LogP contribution in [0.3, 0.4) is 0 Å². The second-order valence-electron chi connectivity index (χ2n) is 20.4. The number of carbonyl (C=O) groups excluding carboxylic acids is 1. The molecule has 0 radical (unpaired) electrons. The Labute approximate surface area is 413 Å². The summed E-state index contributed by atoms with van der Waals surface area (Å²) >= 11 is 0. The van der Waals surface area contributed by atoms with Gasteiger partial charge < -0.3 is 40.3 Å². The van der Waals surface area contributed by atoms with Gasteiger partial charge in [-0.1, -0.05) is 269 Å². The normalized spacial score (nSPS) is 19.8. The summed E-state index contributed by atoms with van der Waals surface area (Å²) in [7, 11) is 0. The van der Waals surface area contributed by atoms with Crippen LogP contribution in [0.5, 0.6) is 0 Å². The van der Waals surface area contributed by atoms with Gasteiger partial charge in [0.05, 0.1) is 25.4 Å². The van der Waals surface area contributed by atoms with E-state index in [4.69, 9.17) is 9.47 Å².